The molecule has 0 radical (unpaired) electrons. The Hall–Kier alpha value is -7.29. The van der Waals surface area contributed by atoms with Gasteiger partial charge in [0.05, 0.1) is 11.4 Å². The molecule has 9 aromatic carbocycles. The molecule has 0 bridgehead atoms. The Kier molecular flexibility index (Phi) is 8.40. The van der Waals surface area contributed by atoms with Crippen LogP contribution in [-0.2, 0) is 0 Å². The fourth-order valence-electron chi connectivity index (χ4n) is 9.68. The number of rotatable bonds is 6. The lowest BCUT2D eigenvalue weighted by atomic mass is 9.30. The summed E-state index contributed by atoms with van der Waals surface area (Å²) in [6.07, 6.45) is 0. The van der Waals surface area contributed by atoms with Gasteiger partial charge in [-0.3, -0.25) is 0 Å². The molecule has 2 aliphatic rings. The van der Waals surface area contributed by atoms with Crippen LogP contribution in [0.2, 0.25) is 0 Å². The first-order valence-electron chi connectivity index (χ1n) is 20.2. The predicted molar refractivity (Wildman–Crippen MR) is 249 cm³/mol. The smallest absolute Gasteiger partial charge is 0.247 e. The molecule has 0 spiro atoms. The molecule has 0 atom stereocenters. The minimum absolute atomic E-state index is 0.0610. The van der Waals surface area contributed by atoms with Crippen molar-refractivity contribution in [1.82, 2.24) is 0 Å². The predicted octanol–water partition coefficient (Wildman–Crippen LogP) is 9.62. The summed E-state index contributed by atoms with van der Waals surface area (Å²) in [6, 6.07) is 84.7. The summed E-state index contributed by atoms with van der Waals surface area (Å²) in [5.41, 5.74) is 19.6. The fourth-order valence-corrected chi connectivity index (χ4v) is 9.68. The van der Waals surface area contributed by atoms with Crippen LogP contribution in [0.1, 0.15) is 0 Å². The Labute approximate surface area is 341 Å². The first-order chi connectivity index (χ1) is 28.9. The molecule has 270 valence electrons. The van der Waals surface area contributed by atoms with E-state index >= 15 is 0 Å². The maximum atomic E-state index is 2.56. The fraction of sp³-hybridized carbons (Fsp3) is 0. The maximum absolute atomic E-state index is 2.56. The molecule has 0 saturated carbocycles. The summed E-state index contributed by atoms with van der Waals surface area (Å²) in [5, 5.41) is 0. The number of hydrogen-bond donors (Lipinski definition) is 0. The molecule has 0 amide bonds. The van der Waals surface area contributed by atoms with E-state index in [1.165, 1.54) is 77.8 Å². The molecular weight excluding hydrogens is 698 g/mol. The van der Waals surface area contributed by atoms with Crippen molar-refractivity contribution in [3.8, 4) is 22.3 Å². The van der Waals surface area contributed by atoms with Crippen LogP contribution in [0.3, 0.4) is 0 Å². The maximum Gasteiger partial charge on any atom is 0.247 e. The van der Waals surface area contributed by atoms with Crippen LogP contribution in [0.25, 0.3) is 22.3 Å². The van der Waals surface area contributed by atoms with E-state index < -0.39 is 0 Å². The highest BCUT2D eigenvalue weighted by Gasteiger charge is 2.46. The summed E-state index contributed by atoms with van der Waals surface area (Å²) in [6.45, 7) is -0.122. The second kappa shape index (κ2) is 14.3. The summed E-state index contributed by atoms with van der Waals surface area (Å²) in [7, 11) is 0. The Bertz CT molecular complexity index is 2530. The average Bonchev–Trinajstić information content (AvgIpc) is 3.31. The largest absolute Gasteiger partial charge is 0.311 e. The Balaban J connectivity index is 1.44. The van der Waals surface area contributed by atoms with Crippen LogP contribution in [-0.4, -0.2) is 13.4 Å². The van der Waals surface area contributed by atoms with Crippen molar-refractivity contribution in [1.29, 1.82) is 0 Å². The number of benzene rings is 9. The summed E-state index contributed by atoms with van der Waals surface area (Å²) in [5.74, 6) is 0. The van der Waals surface area contributed by atoms with E-state index in [1.807, 2.05) is 0 Å². The van der Waals surface area contributed by atoms with Gasteiger partial charge in [0.25, 0.3) is 0 Å². The van der Waals surface area contributed by atoms with Gasteiger partial charge in [0.1, 0.15) is 0 Å². The molecule has 0 fully saturated rings. The van der Waals surface area contributed by atoms with Crippen LogP contribution in [0.15, 0.2) is 231 Å². The molecule has 0 aromatic heterocycles. The number of para-hydroxylation sites is 4. The van der Waals surface area contributed by atoms with E-state index in [0.717, 1.165) is 11.4 Å². The third-order valence-electron chi connectivity index (χ3n) is 11.9. The van der Waals surface area contributed by atoms with Crippen LogP contribution >= 0.6 is 0 Å². The Morgan fingerprint density at radius 2 is 0.586 bits per heavy atom. The van der Waals surface area contributed by atoms with Gasteiger partial charge in [-0.15, -0.1) is 0 Å². The number of hydrogen-bond acceptors (Lipinski definition) is 2. The van der Waals surface area contributed by atoms with Crippen LogP contribution in [0.5, 0.6) is 0 Å². The molecule has 0 N–H and O–H groups in total. The van der Waals surface area contributed by atoms with Gasteiger partial charge in [0.15, 0.2) is 0 Å². The first-order valence-corrected chi connectivity index (χ1v) is 20.2. The van der Waals surface area contributed by atoms with Crippen molar-refractivity contribution >= 4 is 80.3 Å². The van der Waals surface area contributed by atoms with Crippen molar-refractivity contribution in [3.63, 3.8) is 0 Å². The minimum Gasteiger partial charge on any atom is -0.311 e. The molecule has 2 nitrogen and oxygen atoms in total. The van der Waals surface area contributed by atoms with E-state index in [0.29, 0.717) is 0 Å². The van der Waals surface area contributed by atoms with Gasteiger partial charge in [0, 0.05) is 28.3 Å². The average molecular weight is 737 g/mol. The zero-order valence-electron chi connectivity index (χ0n) is 32.0. The summed E-state index contributed by atoms with van der Waals surface area (Å²) in [4.78, 5) is 5.11. The standard InChI is InChI=1S/C54H38B2N2/c1-7-23-39(24-8-1)49-51-53(57(43-31-15-5-16-32-43)47-37-21-19-35-45(47)55(51)41-27-11-3-12-28-41)50(40-25-9-2-10-26-40)54-52(49)56(42-29-13-4-14-30-42)46-36-20-22-38-48(46)58(54)44-33-17-6-18-34-44/h1-38H. The number of anilines is 6. The SMILES string of the molecule is c1ccc(B2c3ccccc3N(c3ccccc3)c3c2c(-c2ccccc2)c2c(c3-c3ccccc3)N(c3ccccc3)c3ccccc3B2c2ccccc2)cc1. The Morgan fingerprint density at radius 1 is 0.276 bits per heavy atom. The lowest BCUT2D eigenvalue weighted by Crippen LogP contribution is -2.63. The second-order valence-electron chi connectivity index (χ2n) is 15.2. The topological polar surface area (TPSA) is 6.48 Å². The van der Waals surface area contributed by atoms with Crippen molar-refractivity contribution in [2.75, 3.05) is 9.80 Å². The highest BCUT2D eigenvalue weighted by molar-refractivity contribution is 7.02. The van der Waals surface area contributed by atoms with Crippen molar-refractivity contribution in [2.45, 2.75) is 0 Å². The van der Waals surface area contributed by atoms with E-state index in [9.17, 15) is 0 Å². The van der Waals surface area contributed by atoms with Gasteiger partial charge in [-0.05, 0) is 74.9 Å². The van der Waals surface area contributed by atoms with E-state index in [2.05, 4.69) is 240 Å². The molecule has 2 heterocycles. The van der Waals surface area contributed by atoms with Gasteiger partial charge in [-0.1, -0.05) is 205 Å². The van der Waals surface area contributed by atoms with E-state index in [4.69, 9.17) is 0 Å². The lowest BCUT2D eigenvalue weighted by Gasteiger charge is -2.46. The highest BCUT2D eigenvalue weighted by atomic mass is 15.2. The minimum atomic E-state index is -0.0610. The molecule has 9 aromatic rings. The van der Waals surface area contributed by atoms with Gasteiger partial charge in [-0.2, -0.15) is 0 Å². The van der Waals surface area contributed by atoms with Crippen molar-refractivity contribution in [2.24, 2.45) is 0 Å². The van der Waals surface area contributed by atoms with Gasteiger partial charge < -0.3 is 9.80 Å². The lowest BCUT2D eigenvalue weighted by molar-refractivity contribution is 1.26. The quantitative estimate of drug-likeness (QED) is 0.157. The number of fused-ring (bicyclic) bond motifs is 4. The molecule has 58 heavy (non-hydrogen) atoms. The van der Waals surface area contributed by atoms with Gasteiger partial charge >= 0.3 is 0 Å². The van der Waals surface area contributed by atoms with Crippen molar-refractivity contribution < 1.29 is 0 Å². The number of nitrogens with zero attached hydrogens (tertiary/aromatic N) is 2. The normalized spacial score (nSPS) is 12.7. The summed E-state index contributed by atoms with van der Waals surface area (Å²) < 4.78 is 0. The zero-order valence-corrected chi connectivity index (χ0v) is 32.0. The van der Waals surface area contributed by atoms with E-state index in [1.54, 1.807) is 0 Å². The third-order valence-corrected chi connectivity index (χ3v) is 11.9. The summed E-state index contributed by atoms with van der Waals surface area (Å²) >= 11 is 0. The van der Waals surface area contributed by atoms with Crippen LogP contribution < -0.4 is 42.6 Å². The molecule has 11 rings (SSSR count). The van der Waals surface area contributed by atoms with Gasteiger partial charge in [-0.25, -0.2) is 0 Å². The van der Waals surface area contributed by atoms with Crippen LogP contribution in [0.4, 0.5) is 34.1 Å². The van der Waals surface area contributed by atoms with Gasteiger partial charge in [0.2, 0.25) is 13.4 Å². The molecule has 0 saturated heterocycles. The molecule has 2 aliphatic heterocycles. The second-order valence-corrected chi connectivity index (χ2v) is 15.2. The third kappa shape index (κ3) is 5.44. The monoisotopic (exact) mass is 736 g/mol. The van der Waals surface area contributed by atoms with Crippen LogP contribution in [0, 0.1) is 0 Å². The molecule has 0 unspecified atom stereocenters. The van der Waals surface area contributed by atoms with E-state index in [-0.39, 0.29) is 13.4 Å². The first kappa shape index (κ1) is 34.0. The van der Waals surface area contributed by atoms with Crippen molar-refractivity contribution in [3.05, 3.63) is 231 Å². The molecule has 4 heteroatoms. The molecule has 0 aliphatic carbocycles. The Morgan fingerprint density at radius 3 is 0.983 bits per heavy atom. The zero-order chi connectivity index (χ0) is 38.4. The highest BCUT2D eigenvalue weighted by Crippen LogP contribution is 2.51. The molecular formula is C54H38B2N2.